The summed E-state index contributed by atoms with van der Waals surface area (Å²) in [6, 6.07) is 12.3. The van der Waals surface area contributed by atoms with Crippen molar-refractivity contribution in [3.63, 3.8) is 0 Å². The summed E-state index contributed by atoms with van der Waals surface area (Å²) in [5.74, 6) is 0.521. The maximum atomic E-state index is 12.2. The molecule has 0 bridgehead atoms. The number of ether oxygens (including phenoxy) is 1. The predicted octanol–water partition coefficient (Wildman–Crippen LogP) is 3.57. The third kappa shape index (κ3) is 4.53. The first-order valence-electron chi connectivity index (χ1n) is 8.76. The Labute approximate surface area is 157 Å². The Bertz CT molecular complexity index is 1050. The van der Waals surface area contributed by atoms with Crippen molar-refractivity contribution in [3.8, 4) is 5.75 Å². The molecule has 1 amide bonds. The van der Waals surface area contributed by atoms with Gasteiger partial charge in [-0.25, -0.2) is 4.98 Å². The molecule has 6 nitrogen and oxygen atoms in total. The average Bonchev–Trinajstić information content (AvgIpc) is 2.59. The van der Waals surface area contributed by atoms with E-state index in [2.05, 4.69) is 10.3 Å². The highest BCUT2D eigenvalue weighted by Gasteiger charge is 2.21. The fraction of sp³-hybridized carbons (Fsp3) is 0.286. The van der Waals surface area contributed by atoms with Crippen LogP contribution in [-0.4, -0.2) is 15.3 Å². The molecule has 3 aromatic rings. The standard InChI is InChI=1S/C21H23N3O3/c1-14-8-9-24-18(10-14)22-16(12-19(24)25)13-27-17-7-5-6-15(11-17)23-20(26)21(2,3)4/h5-12H,13H2,1-4H3,(H,23,26). The SMILES string of the molecule is Cc1ccn2c(=O)cc(COc3cccc(NC(=O)C(C)(C)C)c3)nc2c1. The lowest BCUT2D eigenvalue weighted by Gasteiger charge is -2.18. The zero-order chi connectivity index (χ0) is 19.6. The molecule has 3 rings (SSSR count). The quantitative estimate of drug-likeness (QED) is 0.767. The fourth-order valence-electron chi connectivity index (χ4n) is 2.47. The number of hydrogen-bond donors (Lipinski definition) is 1. The van der Waals surface area contributed by atoms with Crippen molar-refractivity contribution < 1.29 is 9.53 Å². The van der Waals surface area contributed by atoms with Crippen LogP contribution in [0.3, 0.4) is 0 Å². The second kappa shape index (κ2) is 7.23. The first-order valence-corrected chi connectivity index (χ1v) is 8.76. The number of aryl methyl sites for hydroxylation is 1. The maximum Gasteiger partial charge on any atom is 0.258 e. The van der Waals surface area contributed by atoms with E-state index in [0.717, 1.165) is 5.56 Å². The molecule has 0 saturated carbocycles. The largest absolute Gasteiger partial charge is 0.487 e. The number of carbonyl (C=O) groups excluding carboxylic acids is 1. The Morgan fingerprint density at radius 3 is 2.70 bits per heavy atom. The number of rotatable bonds is 4. The number of aromatic nitrogens is 2. The van der Waals surface area contributed by atoms with Crippen molar-refractivity contribution in [3.05, 3.63) is 70.3 Å². The molecule has 2 heterocycles. The van der Waals surface area contributed by atoms with Crippen molar-refractivity contribution in [1.82, 2.24) is 9.38 Å². The van der Waals surface area contributed by atoms with Gasteiger partial charge in [-0.2, -0.15) is 0 Å². The van der Waals surface area contributed by atoms with Gasteiger partial charge in [0.05, 0.1) is 5.69 Å². The van der Waals surface area contributed by atoms with E-state index >= 15 is 0 Å². The van der Waals surface area contributed by atoms with Crippen molar-refractivity contribution in [1.29, 1.82) is 0 Å². The Balaban J connectivity index is 1.75. The van der Waals surface area contributed by atoms with Crippen LogP contribution >= 0.6 is 0 Å². The van der Waals surface area contributed by atoms with Gasteiger partial charge in [0.1, 0.15) is 18.0 Å². The average molecular weight is 365 g/mol. The molecular weight excluding hydrogens is 342 g/mol. The lowest BCUT2D eigenvalue weighted by molar-refractivity contribution is -0.123. The predicted molar refractivity (Wildman–Crippen MR) is 105 cm³/mol. The van der Waals surface area contributed by atoms with Crippen molar-refractivity contribution >= 4 is 17.2 Å². The molecule has 0 fully saturated rings. The van der Waals surface area contributed by atoms with E-state index in [0.29, 0.717) is 22.8 Å². The molecule has 0 unspecified atom stereocenters. The summed E-state index contributed by atoms with van der Waals surface area (Å²) in [6.07, 6.45) is 1.71. The van der Waals surface area contributed by atoms with E-state index in [-0.39, 0.29) is 18.1 Å². The van der Waals surface area contributed by atoms with Gasteiger partial charge in [-0.15, -0.1) is 0 Å². The molecule has 140 valence electrons. The topological polar surface area (TPSA) is 72.7 Å². The van der Waals surface area contributed by atoms with Crippen LogP contribution in [-0.2, 0) is 11.4 Å². The molecule has 1 N–H and O–H groups in total. The van der Waals surface area contributed by atoms with Crippen LogP contribution in [0.2, 0.25) is 0 Å². The molecule has 6 heteroatoms. The number of anilines is 1. The minimum absolute atomic E-state index is 0.0702. The van der Waals surface area contributed by atoms with Crippen molar-refractivity contribution in [2.45, 2.75) is 34.3 Å². The van der Waals surface area contributed by atoms with E-state index < -0.39 is 5.41 Å². The van der Waals surface area contributed by atoms with E-state index in [1.165, 1.54) is 10.5 Å². The summed E-state index contributed by atoms with van der Waals surface area (Å²) in [7, 11) is 0. The van der Waals surface area contributed by atoms with Crippen molar-refractivity contribution in [2.75, 3.05) is 5.32 Å². The third-order valence-corrected chi connectivity index (χ3v) is 4.04. The van der Waals surface area contributed by atoms with Crippen LogP contribution in [0.15, 0.2) is 53.5 Å². The number of nitrogens with one attached hydrogen (secondary N) is 1. The lowest BCUT2D eigenvalue weighted by atomic mass is 9.95. The monoisotopic (exact) mass is 365 g/mol. The van der Waals surface area contributed by atoms with Crippen LogP contribution in [0.5, 0.6) is 5.75 Å². The molecular formula is C21H23N3O3. The molecule has 2 aromatic heterocycles. The second-order valence-electron chi connectivity index (χ2n) is 7.54. The molecule has 1 aromatic carbocycles. The lowest BCUT2D eigenvalue weighted by Crippen LogP contribution is -2.27. The van der Waals surface area contributed by atoms with E-state index in [1.807, 2.05) is 39.8 Å². The first kappa shape index (κ1) is 18.6. The van der Waals surface area contributed by atoms with E-state index in [1.54, 1.807) is 30.5 Å². The van der Waals surface area contributed by atoms with Crippen LogP contribution < -0.4 is 15.6 Å². The smallest absolute Gasteiger partial charge is 0.258 e. The normalized spacial score (nSPS) is 11.4. The third-order valence-electron chi connectivity index (χ3n) is 4.04. The van der Waals surface area contributed by atoms with Crippen LogP contribution in [0.25, 0.3) is 5.65 Å². The molecule has 0 radical (unpaired) electrons. The zero-order valence-corrected chi connectivity index (χ0v) is 15.9. The summed E-state index contributed by atoms with van der Waals surface area (Å²) >= 11 is 0. The highest BCUT2D eigenvalue weighted by Crippen LogP contribution is 2.21. The molecule has 0 aliphatic rings. The Hall–Kier alpha value is -3.15. The van der Waals surface area contributed by atoms with Gasteiger partial charge in [0.2, 0.25) is 5.91 Å². The number of fused-ring (bicyclic) bond motifs is 1. The van der Waals surface area contributed by atoms with E-state index in [4.69, 9.17) is 4.74 Å². The van der Waals surface area contributed by atoms with Gasteiger partial charge in [0.25, 0.3) is 5.56 Å². The van der Waals surface area contributed by atoms with E-state index in [9.17, 15) is 9.59 Å². The van der Waals surface area contributed by atoms with Gasteiger partial charge in [0, 0.05) is 29.4 Å². The van der Waals surface area contributed by atoms with Gasteiger partial charge in [-0.3, -0.25) is 14.0 Å². The summed E-state index contributed by atoms with van der Waals surface area (Å²) in [5.41, 5.74) is 2.20. The molecule has 0 aliphatic carbocycles. The Morgan fingerprint density at radius 2 is 1.96 bits per heavy atom. The van der Waals surface area contributed by atoms with Crippen LogP contribution in [0, 0.1) is 12.3 Å². The second-order valence-corrected chi connectivity index (χ2v) is 7.54. The molecule has 0 aliphatic heterocycles. The summed E-state index contributed by atoms with van der Waals surface area (Å²) < 4.78 is 7.27. The minimum Gasteiger partial charge on any atom is -0.487 e. The number of hydrogen-bond acceptors (Lipinski definition) is 4. The highest BCUT2D eigenvalue weighted by molar-refractivity contribution is 5.94. The number of carbonyl (C=O) groups is 1. The summed E-state index contributed by atoms with van der Waals surface area (Å²) in [5, 5.41) is 2.87. The number of nitrogens with zero attached hydrogens (tertiary/aromatic N) is 2. The van der Waals surface area contributed by atoms with Gasteiger partial charge in [-0.1, -0.05) is 26.8 Å². The fourth-order valence-corrected chi connectivity index (χ4v) is 2.47. The number of pyridine rings is 1. The van der Waals surface area contributed by atoms with Crippen LogP contribution in [0.1, 0.15) is 32.0 Å². The van der Waals surface area contributed by atoms with Gasteiger partial charge >= 0.3 is 0 Å². The first-order chi connectivity index (χ1) is 12.7. The van der Waals surface area contributed by atoms with Gasteiger partial charge < -0.3 is 10.1 Å². The summed E-state index contributed by atoms with van der Waals surface area (Å²) in [4.78, 5) is 28.8. The molecule has 0 atom stereocenters. The summed E-state index contributed by atoms with van der Waals surface area (Å²) in [6.45, 7) is 7.68. The maximum absolute atomic E-state index is 12.2. The molecule has 0 saturated heterocycles. The molecule has 0 spiro atoms. The Kier molecular flexibility index (Phi) is 4.99. The van der Waals surface area contributed by atoms with Gasteiger partial charge in [-0.05, 0) is 36.8 Å². The number of benzene rings is 1. The van der Waals surface area contributed by atoms with Gasteiger partial charge in [0.15, 0.2) is 0 Å². The molecule has 27 heavy (non-hydrogen) atoms. The number of amides is 1. The van der Waals surface area contributed by atoms with Crippen LogP contribution in [0.4, 0.5) is 5.69 Å². The highest BCUT2D eigenvalue weighted by atomic mass is 16.5. The Morgan fingerprint density at radius 1 is 1.19 bits per heavy atom. The zero-order valence-electron chi connectivity index (χ0n) is 15.9. The minimum atomic E-state index is -0.480. The van der Waals surface area contributed by atoms with Crippen molar-refractivity contribution in [2.24, 2.45) is 5.41 Å².